The van der Waals surface area contributed by atoms with Gasteiger partial charge in [0.15, 0.2) is 6.21 Å². The molecular formula is C22H19N3O. The van der Waals surface area contributed by atoms with E-state index in [1.807, 2.05) is 85.7 Å². The molecule has 0 aliphatic carbocycles. The van der Waals surface area contributed by atoms with Gasteiger partial charge in [0.2, 0.25) is 5.69 Å². The summed E-state index contributed by atoms with van der Waals surface area (Å²) in [6, 6.07) is 23.5. The number of benzene rings is 3. The lowest BCUT2D eigenvalue weighted by Gasteiger charge is -2.12. The fraction of sp³-hybridized carbons (Fsp3) is 0.0909. The fourth-order valence-corrected chi connectivity index (χ4v) is 3.03. The van der Waals surface area contributed by atoms with Crippen LogP contribution in [0.25, 0.3) is 21.8 Å². The van der Waals surface area contributed by atoms with E-state index in [2.05, 4.69) is 6.07 Å². The molecule has 4 heteroatoms. The highest BCUT2D eigenvalue weighted by Crippen LogP contribution is 2.23. The molecule has 0 atom stereocenters. The van der Waals surface area contributed by atoms with Gasteiger partial charge in [-0.2, -0.15) is 4.74 Å². The summed E-state index contributed by atoms with van der Waals surface area (Å²) in [5.74, 6) is 0. The van der Waals surface area contributed by atoms with Gasteiger partial charge in [0, 0.05) is 48.3 Å². The number of anilines is 1. The van der Waals surface area contributed by atoms with Gasteiger partial charge in [0.05, 0.1) is 11.0 Å². The molecule has 0 fully saturated rings. The Bertz CT molecular complexity index is 1120. The summed E-state index contributed by atoms with van der Waals surface area (Å²) in [6.45, 7) is 0. The van der Waals surface area contributed by atoms with Crippen LogP contribution in [0.3, 0.4) is 0 Å². The van der Waals surface area contributed by atoms with Crippen molar-refractivity contribution in [2.24, 2.45) is 0 Å². The van der Waals surface area contributed by atoms with Gasteiger partial charge < -0.3 is 10.1 Å². The number of hydrogen-bond donors (Lipinski definition) is 0. The predicted octanol–water partition coefficient (Wildman–Crippen LogP) is 4.71. The molecule has 0 spiro atoms. The van der Waals surface area contributed by atoms with E-state index >= 15 is 0 Å². The maximum atomic E-state index is 12.6. The zero-order chi connectivity index (χ0) is 18.1. The molecule has 3 aromatic carbocycles. The summed E-state index contributed by atoms with van der Waals surface area (Å²) in [7, 11) is 3.95. The molecule has 0 N–H and O–H groups in total. The van der Waals surface area contributed by atoms with Gasteiger partial charge in [-0.05, 0) is 36.4 Å². The first-order valence-electron chi connectivity index (χ1n) is 8.49. The topological polar surface area (TPSA) is 42.2 Å². The Morgan fingerprint density at radius 1 is 0.885 bits per heavy atom. The van der Waals surface area contributed by atoms with E-state index < -0.39 is 0 Å². The number of rotatable bonds is 3. The van der Waals surface area contributed by atoms with Crippen molar-refractivity contribution in [3.05, 3.63) is 83.6 Å². The summed E-state index contributed by atoms with van der Waals surface area (Å²) >= 11 is 0. The zero-order valence-electron chi connectivity index (χ0n) is 14.8. The van der Waals surface area contributed by atoms with E-state index in [0.29, 0.717) is 5.69 Å². The quantitative estimate of drug-likeness (QED) is 0.178. The van der Waals surface area contributed by atoms with Crippen LogP contribution in [0.15, 0.2) is 72.8 Å². The van der Waals surface area contributed by atoms with Crippen LogP contribution in [0, 0.1) is 5.21 Å². The first-order valence-corrected chi connectivity index (χ1v) is 8.49. The van der Waals surface area contributed by atoms with Crippen molar-refractivity contribution in [1.29, 1.82) is 0 Å². The van der Waals surface area contributed by atoms with Gasteiger partial charge in [0.1, 0.15) is 0 Å². The molecule has 0 radical (unpaired) electrons. The van der Waals surface area contributed by atoms with Crippen LogP contribution in [0.5, 0.6) is 0 Å². The molecule has 0 saturated heterocycles. The van der Waals surface area contributed by atoms with Crippen molar-refractivity contribution in [1.82, 2.24) is 4.98 Å². The first-order chi connectivity index (χ1) is 12.6. The fourth-order valence-electron chi connectivity index (χ4n) is 3.03. The second-order valence-corrected chi connectivity index (χ2v) is 6.46. The molecule has 0 bridgehead atoms. The molecule has 4 nitrogen and oxygen atoms in total. The second-order valence-electron chi connectivity index (χ2n) is 6.46. The summed E-state index contributed by atoms with van der Waals surface area (Å²) in [6.07, 6.45) is 1.61. The summed E-state index contributed by atoms with van der Waals surface area (Å²) in [5, 5.41) is 14.7. The van der Waals surface area contributed by atoms with Crippen LogP contribution in [-0.4, -0.2) is 30.0 Å². The Hall–Kier alpha value is -3.40. The molecule has 4 aromatic rings. The smallest absolute Gasteiger partial charge is 0.216 e. The van der Waals surface area contributed by atoms with Crippen molar-refractivity contribution < 1.29 is 4.74 Å². The molecule has 1 aromatic heterocycles. The lowest BCUT2D eigenvalue weighted by Crippen LogP contribution is -2.08. The van der Waals surface area contributed by atoms with Crippen molar-refractivity contribution in [2.75, 3.05) is 19.0 Å². The number of fused-ring (bicyclic) bond motifs is 2. The third kappa shape index (κ3) is 2.97. The molecule has 0 unspecified atom stereocenters. The van der Waals surface area contributed by atoms with Crippen molar-refractivity contribution in [3.63, 3.8) is 0 Å². The van der Waals surface area contributed by atoms with Crippen LogP contribution in [-0.2, 0) is 0 Å². The average Bonchev–Trinajstić information content (AvgIpc) is 2.67. The average molecular weight is 341 g/mol. The number of para-hydroxylation sites is 1. The molecule has 0 amide bonds. The highest BCUT2D eigenvalue weighted by atomic mass is 16.5. The third-order valence-electron chi connectivity index (χ3n) is 4.47. The molecule has 0 saturated carbocycles. The van der Waals surface area contributed by atoms with Crippen LogP contribution < -0.4 is 4.90 Å². The van der Waals surface area contributed by atoms with E-state index in [9.17, 15) is 5.21 Å². The minimum atomic E-state index is 0.598. The van der Waals surface area contributed by atoms with Gasteiger partial charge >= 0.3 is 0 Å². The molecule has 0 aliphatic rings. The lowest BCUT2D eigenvalue weighted by molar-refractivity contribution is -0.354. The molecule has 128 valence electrons. The van der Waals surface area contributed by atoms with E-state index in [1.165, 1.54) is 0 Å². The maximum Gasteiger partial charge on any atom is 0.216 e. The van der Waals surface area contributed by atoms with Crippen LogP contribution >= 0.6 is 0 Å². The Morgan fingerprint density at radius 2 is 1.62 bits per heavy atom. The van der Waals surface area contributed by atoms with E-state index in [4.69, 9.17) is 4.98 Å². The molecule has 0 aliphatic heterocycles. The highest BCUT2D eigenvalue weighted by Gasteiger charge is 2.08. The van der Waals surface area contributed by atoms with E-state index in [-0.39, 0.29) is 0 Å². The largest absolute Gasteiger partial charge is 0.618 e. The summed E-state index contributed by atoms with van der Waals surface area (Å²) < 4.78 is 0.906. The predicted molar refractivity (Wildman–Crippen MR) is 108 cm³/mol. The molecule has 26 heavy (non-hydrogen) atoms. The van der Waals surface area contributed by atoms with Gasteiger partial charge in [-0.1, -0.05) is 24.3 Å². The van der Waals surface area contributed by atoms with Gasteiger partial charge in [-0.15, -0.1) is 0 Å². The molecular weight excluding hydrogens is 322 g/mol. The van der Waals surface area contributed by atoms with Crippen molar-refractivity contribution in [3.8, 4) is 0 Å². The number of hydrogen-bond acceptors (Lipinski definition) is 3. The minimum Gasteiger partial charge on any atom is -0.618 e. The monoisotopic (exact) mass is 341 g/mol. The Labute approximate surface area is 152 Å². The van der Waals surface area contributed by atoms with Crippen molar-refractivity contribution >= 4 is 39.4 Å². The number of aromatic nitrogens is 1. The Morgan fingerprint density at radius 3 is 2.38 bits per heavy atom. The van der Waals surface area contributed by atoms with E-state index in [1.54, 1.807) is 6.21 Å². The second kappa shape index (κ2) is 6.48. The first kappa shape index (κ1) is 16.1. The van der Waals surface area contributed by atoms with Gasteiger partial charge in [-0.25, -0.2) is 4.98 Å². The SMILES string of the molecule is CN(C)c1ccc(/[N+]([O-])=C\c2cccc3nc4ccccc4cc23)cc1. The number of pyridine rings is 1. The summed E-state index contributed by atoms with van der Waals surface area (Å²) in [4.78, 5) is 6.71. The van der Waals surface area contributed by atoms with Crippen LogP contribution in [0.1, 0.15) is 5.56 Å². The van der Waals surface area contributed by atoms with Crippen LogP contribution in [0.4, 0.5) is 11.4 Å². The molecule has 4 rings (SSSR count). The Balaban J connectivity index is 1.80. The van der Waals surface area contributed by atoms with Crippen LogP contribution in [0.2, 0.25) is 0 Å². The normalized spacial score (nSPS) is 11.8. The highest BCUT2D eigenvalue weighted by molar-refractivity contribution is 6.02. The third-order valence-corrected chi connectivity index (χ3v) is 4.47. The van der Waals surface area contributed by atoms with Gasteiger partial charge in [-0.3, -0.25) is 0 Å². The summed E-state index contributed by atoms with van der Waals surface area (Å²) in [5.41, 5.74) is 4.35. The maximum absolute atomic E-state index is 12.6. The lowest BCUT2D eigenvalue weighted by atomic mass is 10.1. The van der Waals surface area contributed by atoms with Gasteiger partial charge in [0.25, 0.3) is 0 Å². The minimum absolute atomic E-state index is 0.598. The molecule has 1 heterocycles. The number of nitrogens with zero attached hydrogens (tertiary/aromatic N) is 3. The van der Waals surface area contributed by atoms with Crippen molar-refractivity contribution in [2.45, 2.75) is 0 Å². The zero-order valence-corrected chi connectivity index (χ0v) is 14.8. The Kier molecular flexibility index (Phi) is 4.01. The van der Waals surface area contributed by atoms with E-state index in [0.717, 1.165) is 37.8 Å². The standard InChI is InChI=1S/C22H19N3O/c1-24(2)18-10-12-19(13-11-18)25(26)15-17-7-5-9-22-20(17)14-16-6-3-4-8-21(16)23-22/h3-15H,1-2H3/b25-15+.